The van der Waals surface area contributed by atoms with Crippen LogP contribution in [0.1, 0.15) is 33.6 Å². The number of ether oxygens (including phenoxy) is 1. The summed E-state index contributed by atoms with van der Waals surface area (Å²) in [6, 6.07) is 0. The van der Waals surface area contributed by atoms with Crippen molar-refractivity contribution in [1.29, 1.82) is 0 Å². The van der Waals surface area contributed by atoms with Gasteiger partial charge in [0.2, 0.25) is 0 Å². The molecule has 0 amide bonds. The zero-order valence-electron chi connectivity index (χ0n) is 12.9. The van der Waals surface area contributed by atoms with Crippen LogP contribution in [-0.2, 0) is 11.3 Å². The first-order valence-electron chi connectivity index (χ1n) is 7.64. The van der Waals surface area contributed by atoms with E-state index in [0.29, 0.717) is 29.0 Å². The quantitative estimate of drug-likeness (QED) is 0.850. The Labute approximate surface area is 134 Å². The Bertz CT molecular complexity index is 530. The van der Waals surface area contributed by atoms with Gasteiger partial charge in [0.1, 0.15) is 4.47 Å². The summed E-state index contributed by atoms with van der Waals surface area (Å²) in [7, 11) is 0. The van der Waals surface area contributed by atoms with Gasteiger partial charge in [-0.2, -0.15) is 5.10 Å². The van der Waals surface area contributed by atoms with E-state index in [9.17, 15) is 4.79 Å². The molecule has 1 aliphatic heterocycles. The fraction of sp³-hybridized carbons (Fsp3) is 0.733. The minimum absolute atomic E-state index is 0.0802. The fourth-order valence-corrected chi connectivity index (χ4v) is 3.13. The molecule has 0 bridgehead atoms. The van der Waals surface area contributed by atoms with E-state index in [-0.39, 0.29) is 5.56 Å². The van der Waals surface area contributed by atoms with Gasteiger partial charge in [0.05, 0.1) is 18.0 Å². The summed E-state index contributed by atoms with van der Waals surface area (Å²) in [5.41, 5.74) is 0.685. The molecule has 1 fully saturated rings. The van der Waals surface area contributed by atoms with Crippen LogP contribution in [0.2, 0.25) is 0 Å². The SMILES string of the molecule is CCC1OCCC1CNc1cnn(CC(C)C)c(=O)c1Br. The second kappa shape index (κ2) is 7.40. The van der Waals surface area contributed by atoms with E-state index in [2.05, 4.69) is 47.1 Å². The van der Waals surface area contributed by atoms with Crippen LogP contribution in [0.3, 0.4) is 0 Å². The average Bonchev–Trinajstić information content (AvgIpc) is 2.90. The maximum atomic E-state index is 12.2. The smallest absolute Gasteiger partial charge is 0.283 e. The summed E-state index contributed by atoms with van der Waals surface area (Å²) in [5, 5.41) is 7.58. The van der Waals surface area contributed by atoms with Crippen molar-refractivity contribution in [1.82, 2.24) is 9.78 Å². The first kappa shape index (κ1) is 16.5. The lowest BCUT2D eigenvalue weighted by molar-refractivity contribution is 0.0900. The van der Waals surface area contributed by atoms with Crippen molar-refractivity contribution in [3.8, 4) is 0 Å². The first-order chi connectivity index (χ1) is 10.0. The van der Waals surface area contributed by atoms with Crippen LogP contribution in [0.25, 0.3) is 0 Å². The van der Waals surface area contributed by atoms with Crippen molar-refractivity contribution in [2.24, 2.45) is 11.8 Å². The van der Waals surface area contributed by atoms with Crippen molar-refractivity contribution >= 4 is 21.6 Å². The highest BCUT2D eigenvalue weighted by atomic mass is 79.9. The van der Waals surface area contributed by atoms with Crippen LogP contribution in [0.15, 0.2) is 15.5 Å². The van der Waals surface area contributed by atoms with E-state index in [4.69, 9.17) is 4.74 Å². The molecule has 0 spiro atoms. The maximum Gasteiger partial charge on any atom is 0.283 e. The maximum absolute atomic E-state index is 12.2. The molecular weight excluding hydrogens is 334 g/mol. The number of nitrogens with one attached hydrogen (secondary N) is 1. The molecule has 118 valence electrons. The third-order valence-electron chi connectivity index (χ3n) is 3.83. The Morgan fingerprint density at radius 1 is 1.57 bits per heavy atom. The van der Waals surface area contributed by atoms with Crippen LogP contribution in [0.5, 0.6) is 0 Å². The second-order valence-electron chi connectivity index (χ2n) is 6.00. The molecule has 6 heteroatoms. The van der Waals surface area contributed by atoms with Gasteiger partial charge in [-0.05, 0) is 34.7 Å². The van der Waals surface area contributed by atoms with Crippen molar-refractivity contribution in [3.05, 3.63) is 21.0 Å². The fourth-order valence-electron chi connectivity index (χ4n) is 2.68. The minimum atomic E-state index is -0.0802. The van der Waals surface area contributed by atoms with Crippen LogP contribution in [0.4, 0.5) is 5.69 Å². The molecule has 21 heavy (non-hydrogen) atoms. The van der Waals surface area contributed by atoms with E-state index in [0.717, 1.165) is 31.7 Å². The molecule has 2 heterocycles. The van der Waals surface area contributed by atoms with Crippen LogP contribution >= 0.6 is 15.9 Å². The monoisotopic (exact) mass is 357 g/mol. The lowest BCUT2D eigenvalue weighted by Crippen LogP contribution is -2.28. The highest BCUT2D eigenvalue weighted by molar-refractivity contribution is 9.10. The average molecular weight is 358 g/mol. The number of halogens is 1. The highest BCUT2D eigenvalue weighted by Gasteiger charge is 2.26. The number of anilines is 1. The van der Waals surface area contributed by atoms with Crippen LogP contribution in [-0.4, -0.2) is 29.0 Å². The minimum Gasteiger partial charge on any atom is -0.382 e. The van der Waals surface area contributed by atoms with Gasteiger partial charge in [-0.25, -0.2) is 4.68 Å². The molecular formula is C15H24BrN3O2. The normalized spacial score (nSPS) is 22.0. The number of nitrogens with zero attached hydrogens (tertiary/aromatic N) is 2. The van der Waals surface area contributed by atoms with Gasteiger partial charge in [-0.1, -0.05) is 20.8 Å². The molecule has 1 aliphatic rings. The van der Waals surface area contributed by atoms with Crippen LogP contribution in [0, 0.1) is 11.8 Å². The van der Waals surface area contributed by atoms with Gasteiger partial charge >= 0.3 is 0 Å². The molecule has 5 nitrogen and oxygen atoms in total. The van der Waals surface area contributed by atoms with E-state index in [1.807, 2.05) is 0 Å². The van der Waals surface area contributed by atoms with E-state index < -0.39 is 0 Å². The predicted molar refractivity (Wildman–Crippen MR) is 87.7 cm³/mol. The Morgan fingerprint density at radius 2 is 2.33 bits per heavy atom. The van der Waals surface area contributed by atoms with Crippen molar-refractivity contribution < 1.29 is 4.74 Å². The molecule has 1 saturated heterocycles. The molecule has 2 rings (SSSR count). The van der Waals surface area contributed by atoms with Gasteiger partial charge in [-0.3, -0.25) is 4.79 Å². The Kier molecular flexibility index (Phi) is 5.81. The summed E-state index contributed by atoms with van der Waals surface area (Å²) in [6.07, 6.45) is 4.15. The predicted octanol–water partition coefficient (Wildman–Crippen LogP) is 2.89. The van der Waals surface area contributed by atoms with Gasteiger partial charge in [0.25, 0.3) is 5.56 Å². The molecule has 2 atom stereocenters. The molecule has 0 aliphatic carbocycles. The number of hydrogen-bond acceptors (Lipinski definition) is 4. The second-order valence-corrected chi connectivity index (χ2v) is 6.79. The zero-order chi connectivity index (χ0) is 15.4. The lowest BCUT2D eigenvalue weighted by Gasteiger charge is -2.18. The Morgan fingerprint density at radius 3 is 3.00 bits per heavy atom. The summed E-state index contributed by atoms with van der Waals surface area (Å²) in [6.45, 7) is 8.56. The third kappa shape index (κ3) is 4.07. The molecule has 0 radical (unpaired) electrons. The molecule has 2 unspecified atom stereocenters. The highest BCUT2D eigenvalue weighted by Crippen LogP contribution is 2.25. The van der Waals surface area contributed by atoms with E-state index >= 15 is 0 Å². The molecule has 1 aromatic rings. The largest absolute Gasteiger partial charge is 0.382 e. The van der Waals surface area contributed by atoms with Gasteiger partial charge in [-0.15, -0.1) is 0 Å². The topological polar surface area (TPSA) is 56.1 Å². The van der Waals surface area contributed by atoms with Gasteiger partial charge in [0.15, 0.2) is 0 Å². The lowest BCUT2D eigenvalue weighted by atomic mass is 10.00. The van der Waals surface area contributed by atoms with E-state index in [1.165, 1.54) is 4.68 Å². The Balaban J connectivity index is 2.04. The summed E-state index contributed by atoms with van der Waals surface area (Å²) in [4.78, 5) is 12.2. The molecule has 0 aromatic carbocycles. The van der Waals surface area contributed by atoms with Crippen LogP contribution < -0.4 is 10.9 Å². The molecule has 0 saturated carbocycles. The summed E-state index contributed by atoms with van der Waals surface area (Å²) >= 11 is 3.40. The number of aromatic nitrogens is 2. The summed E-state index contributed by atoms with van der Waals surface area (Å²) < 4.78 is 7.75. The summed E-state index contributed by atoms with van der Waals surface area (Å²) in [5.74, 6) is 0.891. The van der Waals surface area contributed by atoms with Crippen molar-refractivity contribution in [3.63, 3.8) is 0 Å². The van der Waals surface area contributed by atoms with E-state index in [1.54, 1.807) is 6.20 Å². The Hall–Kier alpha value is -0.880. The first-order valence-corrected chi connectivity index (χ1v) is 8.43. The molecule has 1 N–H and O–H groups in total. The van der Waals surface area contributed by atoms with Gasteiger partial charge in [0, 0.05) is 25.6 Å². The van der Waals surface area contributed by atoms with Crippen molar-refractivity contribution in [2.45, 2.75) is 46.3 Å². The van der Waals surface area contributed by atoms with Crippen molar-refractivity contribution in [2.75, 3.05) is 18.5 Å². The van der Waals surface area contributed by atoms with Gasteiger partial charge < -0.3 is 10.1 Å². The zero-order valence-corrected chi connectivity index (χ0v) is 14.5. The standard InChI is InChI=1S/C15H24BrN3O2/c1-4-13-11(5-6-21-13)7-17-12-8-18-19(9-10(2)3)15(20)14(12)16/h8,10-11,13,17H,4-7,9H2,1-3H3. The third-order valence-corrected chi connectivity index (χ3v) is 4.59. The number of rotatable bonds is 6. The number of hydrogen-bond donors (Lipinski definition) is 1. The molecule has 1 aromatic heterocycles.